The number of hydrogen-bond acceptors (Lipinski definition) is 2. The Hall–Kier alpha value is -1.77. The van der Waals surface area contributed by atoms with E-state index < -0.39 is 0 Å². The van der Waals surface area contributed by atoms with Gasteiger partial charge in [-0.05, 0) is 24.3 Å². The maximum Gasteiger partial charge on any atom is 0.218 e. The minimum atomic E-state index is 0.788. The van der Waals surface area contributed by atoms with Crippen LogP contribution in [0.1, 0.15) is 0 Å². The van der Waals surface area contributed by atoms with Gasteiger partial charge in [-0.3, -0.25) is 9.69 Å². The van der Waals surface area contributed by atoms with Crippen molar-refractivity contribution in [2.45, 2.75) is 0 Å². The first kappa shape index (κ1) is 6.91. The molecule has 0 radical (unpaired) electrons. The van der Waals surface area contributed by atoms with E-state index in [-0.39, 0.29) is 0 Å². The van der Waals surface area contributed by atoms with Gasteiger partial charge in [0.25, 0.3) is 0 Å². The first-order valence-corrected chi connectivity index (χ1v) is 3.68. The molecular weight excluding hydrogens is 152 g/mol. The SMILES string of the molecule is O=CN1C=CC=C2NC=CC=C21. The van der Waals surface area contributed by atoms with Crippen LogP contribution in [0.2, 0.25) is 0 Å². The number of rotatable bonds is 1. The Bertz CT molecular complexity index is 323. The van der Waals surface area contributed by atoms with Crippen LogP contribution in [0.3, 0.4) is 0 Å². The number of fused-ring (bicyclic) bond motifs is 1. The van der Waals surface area contributed by atoms with Crippen LogP contribution < -0.4 is 5.32 Å². The second-order valence-electron chi connectivity index (χ2n) is 2.49. The normalized spacial score (nSPS) is 19.2. The van der Waals surface area contributed by atoms with Crippen molar-refractivity contribution < 1.29 is 4.79 Å². The van der Waals surface area contributed by atoms with Crippen LogP contribution in [0.15, 0.2) is 48.1 Å². The van der Waals surface area contributed by atoms with Gasteiger partial charge in [0.2, 0.25) is 6.41 Å². The van der Waals surface area contributed by atoms with Crippen molar-refractivity contribution in [3.05, 3.63) is 48.1 Å². The molecule has 1 amide bonds. The number of carbonyl (C=O) groups is 1. The molecule has 0 aromatic rings. The molecule has 0 saturated heterocycles. The standard InChI is InChI=1S/C9H8N2O/c12-7-11-6-2-3-8-9(11)4-1-5-10-8/h1-7,10H. The molecule has 60 valence electrons. The van der Waals surface area contributed by atoms with Gasteiger partial charge in [-0.15, -0.1) is 0 Å². The van der Waals surface area contributed by atoms with E-state index in [1.165, 1.54) is 4.90 Å². The van der Waals surface area contributed by atoms with Gasteiger partial charge in [0.15, 0.2) is 0 Å². The Morgan fingerprint density at radius 1 is 1.33 bits per heavy atom. The monoisotopic (exact) mass is 160 g/mol. The van der Waals surface area contributed by atoms with Gasteiger partial charge in [-0.25, -0.2) is 0 Å². The van der Waals surface area contributed by atoms with Crippen molar-refractivity contribution in [1.82, 2.24) is 10.2 Å². The number of carbonyl (C=O) groups excluding carboxylic acids is 1. The third kappa shape index (κ3) is 0.955. The molecule has 0 bridgehead atoms. The zero-order valence-corrected chi connectivity index (χ0v) is 6.40. The lowest BCUT2D eigenvalue weighted by Crippen LogP contribution is -2.24. The van der Waals surface area contributed by atoms with Gasteiger partial charge in [0.05, 0.1) is 11.4 Å². The second kappa shape index (κ2) is 2.70. The number of hydrogen-bond donors (Lipinski definition) is 1. The molecule has 1 N–H and O–H groups in total. The molecular formula is C9H8N2O. The van der Waals surface area contributed by atoms with Crippen molar-refractivity contribution in [2.24, 2.45) is 0 Å². The Morgan fingerprint density at radius 2 is 2.25 bits per heavy atom. The molecule has 0 aliphatic carbocycles. The first-order valence-electron chi connectivity index (χ1n) is 3.68. The summed E-state index contributed by atoms with van der Waals surface area (Å²) in [6.07, 6.45) is 11.8. The van der Waals surface area contributed by atoms with Crippen molar-refractivity contribution in [3.8, 4) is 0 Å². The molecule has 2 heterocycles. The lowest BCUT2D eigenvalue weighted by Gasteiger charge is -2.23. The fourth-order valence-electron chi connectivity index (χ4n) is 1.20. The van der Waals surface area contributed by atoms with E-state index in [2.05, 4.69) is 5.32 Å². The van der Waals surface area contributed by atoms with E-state index in [9.17, 15) is 4.79 Å². The van der Waals surface area contributed by atoms with E-state index in [1.54, 1.807) is 6.20 Å². The lowest BCUT2D eigenvalue weighted by molar-refractivity contribution is -0.114. The zero-order valence-electron chi connectivity index (χ0n) is 6.40. The summed E-state index contributed by atoms with van der Waals surface area (Å²) in [7, 11) is 0. The molecule has 2 aliphatic rings. The lowest BCUT2D eigenvalue weighted by atomic mass is 10.2. The van der Waals surface area contributed by atoms with Crippen LogP contribution in [0.4, 0.5) is 0 Å². The maximum absolute atomic E-state index is 10.6. The summed E-state index contributed by atoms with van der Waals surface area (Å²) < 4.78 is 0. The molecule has 12 heavy (non-hydrogen) atoms. The molecule has 0 atom stereocenters. The van der Waals surface area contributed by atoms with E-state index in [0.29, 0.717) is 0 Å². The van der Waals surface area contributed by atoms with Gasteiger partial charge < -0.3 is 5.32 Å². The third-order valence-corrected chi connectivity index (χ3v) is 1.77. The van der Waals surface area contributed by atoms with Gasteiger partial charge in [-0.2, -0.15) is 0 Å². The smallest absolute Gasteiger partial charge is 0.218 e. The Labute approximate surface area is 70.4 Å². The average molecular weight is 160 g/mol. The summed E-state index contributed by atoms with van der Waals surface area (Å²) in [4.78, 5) is 12.1. The molecule has 0 fully saturated rings. The summed E-state index contributed by atoms with van der Waals surface area (Å²) in [5.74, 6) is 0. The van der Waals surface area contributed by atoms with Crippen molar-refractivity contribution in [2.75, 3.05) is 0 Å². The number of dihydropyridines is 1. The molecule has 0 unspecified atom stereocenters. The van der Waals surface area contributed by atoms with Crippen molar-refractivity contribution >= 4 is 6.41 Å². The highest BCUT2D eigenvalue weighted by atomic mass is 16.1. The summed E-state index contributed by atoms with van der Waals surface area (Å²) in [6, 6.07) is 0. The zero-order chi connectivity index (χ0) is 8.39. The van der Waals surface area contributed by atoms with Crippen molar-refractivity contribution in [3.63, 3.8) is 0 Å². The minimum Gasteiger partial charge on any atom is -0.360 e. The third-order valence-electron chi connectivity index (χ3n) is 1.77. The highest BCUT2D eigenvalue weighted by Crippen LogP contribution is 2.18. The van der Waals surface area contributed by atoms with E-state index in [0.717, 1.165) is 17.8 Å². The summed E-state index contributed by atoms with van der Waals surface area (Å²) in [5.41, 5.74) is 1.84. The van der Waals surface area contributed by atoms with E-state index in [1.807, 2.05) is 30.5 Å². The highest BCUT2D eigenvalue weighted by Gasteiger charge is 2.13. The summed E-state index contributed by atoms with van der Waals surface area (Å²) >= 11 is 0. The number of amides is 1. The molecule has 3 heteroatoms. The van der Waals surface area contributed by atoms with Gasteiger partial charge in [0, 0.05) is 12.4 Å². The number of nitrogens with one attached hydrogen (secondary N) is 1. The Kier molecular flexibility index (Phi) is 1.55. The van der Waals surface area contributed by atoms with Crippen LogP contribution in [-0.2, 0) is 4.79 Å². The fraction of sp³-hybridized carbons (Fsp3) is 0. The number of allylic oxidation sites excluding steroid dienone is 4. The van der Waals surface area contributed by atoms with Crippen LogP contribution >= 0.6 is 0 Å². The van der Waals surface area contributed by atoms with Crippen LogP contribution in [-0.4, -0.2) is 11.3 Å². The average Bonchev–Trinajstić information content (AvgIpc) is 2.17. The number of nitrogens with zero attached hydrogens (tertiary/aromatic N) is 1. The van der Waals surface area contributed by atoms with Gasteiger partial charge >= 0.3 is 0 Å². The largest absolute Gasteiger partial charge is 0.360 e. The summed E-state index contributed by atoms with van der Waals surface area (Å²) in [6.45, 7) is 0. The molecule has 2 rings (SSSR count). The summed E-state index contributed by atoms with van der Waals surface area (Å²) in [5, 5.41) is 3.05. The van der Waals surface area contributed by atoms with Crippen molar-refractivity contribution in [1.29, 1.82) is 0 Å². The molecule has 0 aromatic carbocycles. The highest BCUT2D eigenvalue weighted by molar-refractivity contribution is 5.59. The topological polar surface area (TPSA) is 32.3 Å². The Morgan fingerprint density at radius 3 is 3.08 bits per heavy atom. The van der Waals surface area contributed by atoms with Crippen LogP contribution in [0.25, 0.3) is 0 Å². The molecule has 2 aliphatic heterocycles. The quantitative estimate of drug-likeness (QED) is 0.577. The van der Waals surface area contributed by atoms with E-state index in [4.69, 9.17) is 0 Å². The first-order chi connectivity index (χ1) is 5.92. The predicted octanol–water partition coefficient (Wildman–Crippen LogP) is 0.857. The molecule has 0 spiro atoms. The van der Waals surface area contributed by atoms with Crippen LogP contribution in [0.5, 0.6) is 0 Å². The molecule has 0 aromatic heterocycles. The van der Waals surface area contributed by atoms with Crippen LogP contribution in [0, 0.1) is 0 Å². The van der Waals surface area contributed by atoms with Gasteiger partial charge in [0.1, 0.15) is 0 Å². The minimum absolute atomic E-state index is 0.788. The molecule has 3 nitrogen and oxygen atoms in total. The molecule has 0 saturated carbocycles. The predicted molar refractivity (Wildman–Crippen MR) is 45.5 cm³/mol. The Balaban J connectivity index is 2.40. The van der Waals surface area contributed by atoms with Gasteiger partial charge in [-0.1, -0.05) is 0 Å². The maximum atomic E-state index is 10.6. The second-order valence-corrected chi connectivity index (χ2v) is 2.49. The fourth-order valence-corrected chi connectivity index (χ4v) is 1.20. The van der Waals surface area contributed by atoms with E-state index >= 15 is 0 Å².